The van der Waals surface area contributed by atoms with Crippen LogP contribution in [-0.4, -0.2) is 11.8 Å². The first-order valence-corrected chi connectivity index (χ1v) is 5.93. The molecule has 0 aliphatic carbocycles. The van der Waals surface area contributed by atoms with Crippen LogP contribution in [0.25, 0.3) is 0 Å². The standard InChI is InChI=1S/C15H12N2O2/c1-9-4-2-7-12-13(9)17(12)15(19)11-6-3-5-10(8-11)14(16)18/h2-8H,1H3,(H2,16,18). The van der Waals surface area contributed by atoms with E-state index in [2.05, 4.69) is 0 Å². The molecule has 2 N–H and O–H groups in total. The lowest BCUT2D eigenvalue weighted by molar-refractivity contribution is 0.1000. The van der Waals surface area contributed by atoms with Crippen molar-refractivity contribution in [1.82, 2.24) is 0 Å². The number of nitrogens with two attached hydrogens (primary N) is 1. The zero-order valence-corrected chi connectivity index (χ0v) is 10.4. The first kappa shape index (κ1) is 11.5. The minimum absolute atomic E-state index is 0.132. The van der Waals surface area contributed by atoms with Gasteiger partial charge < -0.3 is 5.73 Å². The van der Waals surface area contributed by atoms with Crippen LogP contribution in [0.3, 0.4) is 0 Å². The molecule has 2 amide bonds. The Labute approximate surface area is 110 Å². The summed E-state index contributed by atoms with van der Waals surface area (Å²) in [6, 6.07) is 12.3. The van der Waals surface area contributed by atoms with E-state index in [1.807, 2.05) is 25.1 Å². The highest BCUT2D eigenvalue weighted by Gasteiger charge is 2.36. The zero-order chi connectivity index (χ0) is 13.6. The number of anilines is 2. The Balaban J connectivity index is 1.93. The summed E-state index contributed by atoms with van der Waals surface area (Å²) in [6.45, 7) is 1.96. The third-order valence-corrected chi connectivity index (χ3v) is 3.23. The van der Waals surface area contributed by atoms with E-state index in [4.69, 9.17) is 5.73 Å². The molecule has 0 aromatic heterocycles. The van der Waals surface area contributed by atoms with E-state index >= 15 is 0 Å². The lowest BCUT2D eigenvalue weighted by atomic mass is 10.1. The van der Waals surface area contributed by atoms with Gasteiger partial charge in [-0.1, -0.05) is 18.2 Å². The highest BCUT2D eigenvalue weighted by molar-refractivity contribution is 6.23. The number of primary amides is 1. The average molecular weight is 252 g/mol. The fourth-order valence-electron chi connectivity index (χ4n) is 2.22. The highest BCUT2D eigenvalue weighted by atomic mass is 16.2. The molecule has 0 fully saturated rings. The monoisotopic (exact) mass is 252 g/mol. The first-order chi connectivity index (χ1) is 9.09. The summed E-state index contributed by atoms with van der Waals surface area (Å²) >= 11 is 0. The molecule has 2 aromatic carbocycles. The maximum absolute atomic E-state index is 12.4. The van der Waals surface area contributed by atoms with Crippen molar-refractivity contribution in [2.24, 2.45) is 5.73 Å². The summed E-state index contributed by atoms with van der Waals surface area (Å²) in [4.78, 5) is 25.1. The van der Waals surface area contributed by atoms with Gasteiger partial charge in [-0.25, -0.2) is 0 Å². The topological polar surface area (TPSA) is 63.2 Å². The van der Waals surface area contributed by atoms with E-state index in [0.29, 0.717) is 11.1 Å². The molecule has 2 aromatic rings. The molecule has 0 bridgehead atoms. The van der Waals surface area contributed by atoms with E-state index in [-0.39, 0.29) is 5.91 Å². The van der Waals surface area contributed by atoms with E-state index in [0.717, 1.165) is 16.9 Å². The summed E-state index contributed by atoms with van der Waals surface area (Å²) in [5, 5.41) is 0. The van der Waals surface area contributed by atoms with Crippen LogP contribution < -0.4 is 10.6 Å². The molecule has 1 aliphatic heterocycles. The molecule has 19 heavy (non-hydrogen) atoms. The molecule has 4 nitrogen and oxygen atoms in total. The van der Waals surface area contributed by atoms with Gasteiger partial charge in [-0.3, -0.25) is 14.5 Å². The lowest BCUT2D eigenvalue weighted by Crippen LogP contribution is -2.16. The van der Waals surface area contributed by atoms with Crippen LogP contribution in [0.5, 0.6) is 0 Å². The predicted octanol–water partition coefficient (Wildman–Crippen LogP) is 2.39. The van der Waals surface area contributed by atoms with Crippen molar-refractivity contribution in [3.05, 3.63) is 59.2 Å². The Morgan fingerprint density at radius 2 is 1.74 bits per heavy atom. The Kier molecular flexibility index (Phi) is 2.38. The van der Waals surface area contributed by atoms with Crippen molar-refractivity contribution in [2.75, 3.05) is 4.90 Å². The van der Waals surface area contributed by atoms with E-state index in [1.165, 1.54) is 6.07 Å². The van der Waals surface area contributed by atoms with Crippen molar-refractivity contribution >= 4 is 23.2 Å². The van der Waals surface area contributed by atoms with Crippen molar-refractivity contribution in [2.45, 2.75) is 6.92 Å². The van der Waals surface area contributed by atoms with Gasteiger partial charge in [0.1, 0.15) is 0 Å². The van der Waals surface area contributed by atoms with Gasteiger partial charge in [0.25, 0.3) is 5.91 Å². The van der Waals surface area contributed by atoms with Crippen molar-refractivity contribution in [3.63, 3.8) is 0 Å². The Morgan fingerprint density at radius 1 is 1.05 bits per heavy atom. The molecular weight excluding hydrogens is 240 g/mol. The van der Waals surface area contributed by atoms with Crippen LogP contribution in [0.1, 0.15) is 26.3 Å². The highest BCUT2D eigenvalue weighted by Crippen LogP contribution is 2.50. The number of rotatable bonds is 2. The van der Waals surface area contributed by atoms with Gasteiger partial charge in [0.2, 0.25) is 5.91 Å². The number of amides is 2. The van der Waals surface area contributed by atoms with Gasteiger partial charge in [-0.15, -0.1) is 0 Å². The minimum Gasteiger partial charge on any atom is -0.366 e. The number of fused-ring (bicyclic) bond motifs is 1. The maximum atomic E-state index is 12.4. The summed E-state index contributed by atoms with van der Waals surface area (Å²) in [6.07, 6.45) is 0. The molecule has 1 heterocycles. The van der Waals surface area contributed by atoms with Crippen LogP contribution in [0.2, 0.25) is 0 Å². The lowest BCUT2D eigenvalue weighted by Gasteiger charge is -2.04. The molecule has 0 spiro atoms. The molecule has 94 valence electrons. The quantitative estimate of drug-likeness (QED) is 0.834. The van der Waals surface area contributed by atoms with Gasteiger partial charge >= 0.3 is 0 Å². The molecule has 0 saturated carbocycles. The minimum atomic E-state index is -0.533. The molecule has 1 aliphatic rings. The van der Waals surface area contributed by atoms with Gasteiger partial charge in [0.15, 0.2) is 0 Å². The summed E-state index contributed by atoms with van der Waals surface area (Å²) in [5.41, 5.74) is 8.97. The van der Waals surface area contributed by atoms with Crippen LogP contribution in [0.4, 0.5) is 11.4 Å². The molecular formula is C15H12N2O2. The van der Waals surface area contributed by atoms with Gasteiger partial charge in [-0.05, 0) is 36.8 Å². The number of nitrogens with zero attached hydrogens (tertiary/aromatic N) is 1. The summed E-state index contributed by atoms with van der Waals surface area (Å²) in [5.74, 6) is -0.665. The van der Waals surface area contributed by atoms with Crippen LogP contribution in [0, 0.1) is 6.92 Å². The average Bonchev–Trinajstić information content (AvgIpc) is 3.14. The maximum Gasteiger partial charge on any atom is 0.263 e. The molecule has 4 heteroatoms. The van der Waals surface area contributed by atoms with E-state index < -0.39 is 5.91 Å². The molecule has 0 atom stereocenters. The van der Waals surface area contributed by atoms with Crippen LogP contribution >= 0.6 is 0 Å². The van der Waals surface area contributed by atoms with E-state index in [9.17, 15) is 9.59 Å². The van der Waals surface area contributed by atoms with Crippen molar-refractivity contribution < 1.29 is 9.59 Å². The molecule has 0 unspecified atom stereocenters. The van der Waals surface area contributed by atoms with Gasteiger partial charge in [0.05, 0.1) is 11.4 Å². The van der Waals surface area contributed by atoms with Crippen LogP contribution in [0.15, 0.2) is 42.5 Å². The number of hydrogen-bond donors (Lipinski definition) is 1. The number of hydrogen-bond acceptors (Lipinski definition) is 2. The van der Waals surface area contributed by atoms with Gasteiger partial charge in [0, 0.05) is 11.1 Å². The third kappa shape index (κ3) is 1.78. The fraction of sp³-hybridized carbons (Fsp3) is 0.0667. The fourth-order valence-corrected chi connectivity index (χ4v) is 2.22. The number of para-hydroxylation sites is 1. The summed E-state index contributed by atoms with van der Waals surface area (Å²) in [7, 11) is 0. The van der Waals surface area contributed by atoms with Crippen molar-refractivity contribution in [1.29, 1.82) is 0 Å². The largest absolute Gasteiger partial charge is 0.366 e. The SMILES string of the molecule is Cc1cccc2c1N2C(=O)c1cccc(C(N)=O)c1. The Hall–Kier alpha value is -2.62. The second kappa shape index (κ2) is 3.95. The third-order valence-electron chi connectivity index (χ3n) is 3.23. The number of carbonyl (C=O) groups is 2. The Bertz CT molecular complexity index is 707. The van der Waals surface area contributed by atoms with E-state index in [1.54, 1.807) is 23.1 Å². The predicted molar refractivity (Wildman–Crippen MR) is 72.6 cm³/mol. The molecule has 0 saturated heterocycles. The summed E-state index contributed by atoms with van der Waals surface area (Å²) < 4.78 is 0. The molecule has 3 rings (SSSR count). The second-order valence-electron chi connectivity index (χ2n) is 4.53. The number of benzene rings is 2. The normalized spacial score (nSPS) is 11.9. The zero-order valence-electron chi connectivity index (χ0n) is 10.4. The number of carbonyl (C=O) groups excluding carboxylic acids is 2. The first-order valence-electron chi connectivity index (χ1n) is 5.93. The number of aryl methyl sites for hydroxylation is 1. The Morgan fingerprint density at radius 3 is 2.42 bits per heavy atom. The van der Waals surface area contributed by atoms with Crippen LogP contribution in [-0.2, 0) is 0 Å². The van der Waals surface area contributed by atoms with Crippen molar-refractivity contribution in [3.8, 4) is 0 Å². The van der Waals surface area contributed by atoms with Gasteiger partial charge in [-0.2, -0.15) is 0 Å². The second-order valence-corrected chi connectivity index (χ2v) is 4.53. The smallest absolute Gasteiger partial charge is 0.263 e. The molecule has 0 radical (unpaired) electrons.